The monoisotopic (exact) mass is 345 g/mol. The van der Waals surface area contributed by atoms with Crippen LogP contribution in [-0.4, -0.2) is 39.7 Å². The molecule has 3 aromatic rings. The van der Waals surface area contributed by atoms with Crippen LogP contribution < -0.4 is 0 Å². The Morgan fingerprint density at radius 2 is 1.96 bits per heavy atom. The zero-order valence-corrected chi connectivity index (χ0v) is 14.6. The van der Waals surface area contributed by atoms with Gasteiger partial charge in [-0.2, -0.15) is 14.5 Å². The van der Waals surface area contributed by atoms with E-state index in [2.05, 4.69) is 15.3 Å². The number of sulfonamides is 1. The second-order valence-electron chi connectivity index (χ2n) is 5.66. The highest BCUT2D eigenvalue weighted by atomic mass is 32.2. The summed E-state index contributed by atoms with van der Waals surface area (Å²) in [6.45, 7) is 1.93. The van der Waals surface area contributed by atoms with E-state index in [4.69, 9.17) is 0 Å². The van der Waals surface area contributed by atoms with Crippen molar-refractivity contribution in [1.29, 1.82) is 0 Å². The van der Waals surface area contributed by atoms with E-state index < -0.39 is 10.0 Å². The summed E-state index contributed by atoms with van der Waals surface area (Å²) >= 11 is 0. The largest absolute Gasteiger partial charge is 0.281 e. The first-order valence-corrected chi connectivity index (χ1v) is 8.88. The molecule has 0 aliphatic heterocycles. The SMILES string of the molecule is Cc1cnn(C)c1S(=O)(=O)N(C)Cc1cc(-c2ccccc2)n[nH]1. The molecule has 0 radical (unpaired) electrons. The van der Waals surface area contributed by atoms with Crippen molar-refractivity contribution in [3.8, 4) is 11.3 Å². The van der Waals surface area contributed by atoms with Gasteiger partial charge in [-0.15, -0.1) is 0 Å². The summed E-state index contributed by atoms with van der Waals surface area (Å²) in [7, 11) is -0.456. The summed E-state index contributed by atoms with van der Waals surface area (Å²) in [6, 6.07) is 11.6. The Bertz CT molecular complexity index is 925. The summed E-state index contributed by atoms with van der Waals surface area (Å²) in [4.78, 5) is 0. The molecule has 2 aromatic heterocycles. The average Bonchev–Trinajstić information content (AvgIpc) is 3.15. The normalized spacial score (nSPS) is 12.0. The Hall–Kier alpha value is -2.45. The summed E-state index contributed by atoms with van der Waals surface area (Å²) in [6.07, 6.45) is 1.55. The van der Waals surface area contributed by atoms with Gasteiger partial charge in [-0.05, 0) is 13.0 Å². The van der Waals surface area contributed by atoms with Gasteiger partial charge in [-0.1, -0.05) is 30.3 Å². The molecule has 126 valence electrons. The molecule has 1 N–H and O–H groups in total. The Kier molecular flexibility index (Phi) is 4.25. The van der Waals surface area contributed by atoms with E-state index in [-0.39, 0.29) is 11.6 Å². The van der Waals surface area contributed by atoms with Crippen molar-refractivity contribution in [2.75, 3.05) is 7.05 Å². The minimum Gasteiger partial charge on any atom is -0.281 e. The number of nitrogens with one attached hydrogen (secondary N) is 1. The lowest BCUT2D eigenvalue weighted by molar-refractivity contribution is 0.452. The van der Waals surface area contributed by atoms with E-state index in [9.17, 15) is 8.42 Å². The molecule has 0 atom stereocenters. The van der Waals surface area contributed by atoms with Gasteiger partial charge in [0.05, 0.1) is 24.1 Å². The van der Waals surface area contributed by atoms with Crippen LogP contribution in [-0.2, 0) is 23.6 Å². The van der Waals surface area contributed by atoms with E-state index in [1.165, 1.54) is 8.99 Å². The van der Waals surface area contributed by atoms with Gasteiger partial charge in [-0.25, -0.2) is 8.42 Å². The quantitative estimate of drug-likeness (QED) is 0.766. The molecular weight excluding hydrogens is 326 g/mol. The number of nitrogens with zero attached hydrogens (tertiary/aromatic N) is 4. The van der Waals surface area contributed by atoms with Crippen LogP contribution in [0.25, 0.3) is 11.3 Å². The Morgan fingerprint density at radius 1 is 1.25 bits per heavy atom. The van der Waals surface area contributed by atoms with Crippen molar-refractivity contribution in [2.24, 2.45) is 7.05 Å². The first kappa shape index (κ1) is 16.4. The molecule has 0 saturated carbocycles. The minimum absolute atomic E-state index is 0.201. The molecule has 0 amide bonds. The Labute approximate surface area is 141 Å². The predicted octanol–water partition coefficient (Wildman–Crippen LogP) is 1.94. The molecule has 0 saturated heterocycles. The second kappa shape index (κ2) is 6.21. The molecule has 24 heavy (non-hydrogen) atoms. The molecule has 0 fully saturated rings. The number of aryl methyl sites for hydroxylation is 2. The van der Waals surface area contributed by atoms with Crippen LogP contribution in [0.2, 0.25) is 0 Å². The van der Waals surface area contributed by atoms with Crippen molar-refractivity contribution in [3.05, 3.63) is 53.9 Å². The summed E-state index contributed by atoms with van der Waals surface area (Å²) in [5.74, 6) is 0. The topological polar surface area (TPSA) is 83.9 Å². The van der Waals surface area contributed by atoms with Gasteiger partial charge in [0.1, 0.15) is 0 Å². The predicted molar refractivity (Wildman–Crippen MR) is 90.6 cm³/mol. The highest BCUT2D eigenvalue weighted by molar-refractivity contribution is 7.89. The highest BCUT2D eigenvalue weighted by Gasteiger charge is 2.27. The third-order valence-corrected chi connectivity index (χ3v) is 5.83. The lowest BCUT2D eigenvalue weighted by atomic mass is 10.1. The second-order valence-corrected chi connectivity index (χ2v) is 7.62. The maximum absolute atomic E-state index is 12.7. The number of hydrogen-bond donors (Lipinski definition) is 1. The lowest BCUT2D eigenvalue weighted by Gasteiger charge is -2.16. The van der Waals surface area contributed by atoms with Gasteiger partial charge in [-0.3, -0.25) is 9.78 Å². The number of H-pyrrole nitrogens is 1. The summed E-state index contributed by atoms with van der Waals surface area (Å²) in [5.41, 5.74) is 3.11. The number of rotatable bonds is 5. The Balaban J connectivity index is 1.83. The maximum Gasteiger partial charge on any atom is 0.260 e. The fourth-order valence-electron chi connectivity index (χ4n) is 2.58. The molecule has 0 bridgehead atoms. The van der Waals surface area contributed by atoms with Crippen LogP contribution in [0.4, 0.5) is 0 Å². The minimum atomic E-state index is -3.62. The van der Waals surface area contributed by atoms with Gasteiger partial charge >= 0.3 is 0 Å². The number of aromatic amines is 1. The van der Waals surface area contributed by atoms with E-state index in [1.54, 1.807) is 27.2 Å². The smallest absolute Gasteiger partial charge is 0.260 e. The molecule has 7 nitrogen and oxygen atoms in total. The van der Waals surface area contributed by atoms with Crippen LogP contribution in [0.1, 0.15) is 11.3 Å². The van der Waals surface area contributed by atoms with Crippen molar-refractivity contribution in [3.63, 3.8) is 0 Å². The first-order chi connectivity index (χ1) is 11.4. The third-order valence-electron chi connectivity index (χ3n) is 3.80. The molecule has 0 unspecified atom stereocenters. The summed E-state index contributed by atoms with van der Waals surface area (Å²) < 4.78 is 28.2. The molecule has 0 spiro atoms. The standard InChI is InChI=1S/C16H19N5O2S/c1-12-10-17-21(3)16(12)24(22,23)20(2)11-14-9-15(19-18-14)13-7-5-4-6-8-13/h4-10H,11H2,1-3H3,(H,18,19). The van der Waals surface area contributed by atoms with Crippen LogP contribution in [0.3, 0.4) is 0 Å². The molecule has 8 heteroatoms. The van der Waals surface area contributed by atoms with Crippen LogP contribution in [0.15, 0.2) is 47.6 Å². The van der Waals surface area contributed by atoms with E-state index in [1.807, 2.05) is 36.4 Å². The van der Waals surface area contributed by atoms with E-state index in [0.717, 1.165) is 17.0 Å². The van der Waals surface area contributed by atoms with Crippen LogP contribution in [0.5, 0.6) is 0 Å². The zero-order chi connectivity index (χ0) is 17.3. The van der Waals surface area contributed by atoms with Crippen molar-refractivity contribution in [1.82, 2.24) is 24.3 Å². The van der Waals surface area contributed by atoms with E-state index >= 15 is 0 Å². The first-order valence-electron chi connectivity index (χ1n) is 7.44. The van der Waals surface area contributed by atoms with Crippen molar-refractivity contribution in [2.45, 2.75) is 18.5 Å². The fraction of sp³-hybridized carbons (Fsp3) is 0.250. The van der Waals surface area contributed by atoms with Gasteiger partial charge in [0, 0.05) is 25.2 Å². The number of benzene rings is 1. The molecule has 2 heterocycles. The third kappa shape index (κ3) is 2.98. The molecule has 1 aromatic carbocycles. The zero-order valence-electron chi connectivity index (χ0n) is 13.8. The number of aromatic nitrogens is 4. The molecule has 3 rings (SSSR count). The lowest BCUT2D eigenvalue weighted by Crippen LogP contribution is -2.29. The van der Waals surface area contributed by atoms with Gasteiger partial charge in [0.2, 0.25) is 0 Å². The fourth-order valence-corrected chi connectivity index (χ4v) is 4.02. The van der Waals surface area contributed by atoms with Gasteiger partial charge in [0.15, 0.2) is 5.03 Å². The molecular formula is C16H19N5O2S. The van der Waals surface area contributed by atoms with Crippen LogP contribution >= 0.6 is 0 Å². The molecule has 0 aliphatic carbocycles. The van der Waals surface area contributed by atoms with Crippen molar-refractivity contribution >= 4 is 10.0 Å². The number of hydrogen-bond acceptors (Lipinski definition) is 4. The maximum atomic E-state index is 12.7. The molecule has 0 aliphatic rings. The van der Waals surface area contributed by atoms with Gasteiger partial charge in [0.25, 0.3) is 10.0 Å². The van der Waals surface area contributed by atoms with Crippen molar-refractivity contribution < 1.29 is 8.42 Å². The van der Waals surface area contributed by atoms with E-state index in [0.29, 0.717) is 5.56 Å². The summed E-state index contributed by atoms with van der Waals surface area (Å²) in [5, 5.41) is 11.4. The average molecular weight is 345 g/mol. The van der Waals surface area contributed by atoms with Crippen LogP contribution in [0, 0.1) is 6.92 Å². The highest BCUT2D eigenvalue weighted by Crippen LogP contribution is 2.21. The Morgan fingerprint density at radius 3 is 2.58 bits per heavy atom. The van der Waals surface area contributed by atoms with Gasteiger partial charge < -0.3 is 0 Å².